The van der Waals surface area contributed by atoms with E-state index >= 15 is 0 Å². The van der Waals surface area contributed by atoms with E-state index in [9.17, 15) is 9.59 Å². The van der Waals surface area contributed by atoms with Gasteiger partial charge in [-0.2, -0.15) is 0 Å². The topological polar surface area (TPSA) is 49.4 Å². The number of nitrogens with zero attached hydrogens (tertiary/aromatic N) is 1. The summed E-state index contributed by atoms with van der Waals surface area (Å²) in [6.45, 7) is 5.93. The second-order valence-electron chi connectivity index (χ2n) is 6.64. The normalized spacial score (nSPS) is 41.0. The van der Waals surface area contributed by atoms with Crippen molar-refractivity contribution in [1.82, 2.24) is 10.2 Å². The number of hydrogen-bond acceptors (Lipinski definition) is 2. The van der Waals surface area contributed by atoms with Gasteiger partial charge in [-0.1, -0.05) is 13.8 Å². The van der Waals surface area contributed by atoms with Crippen LogP contribution >= 0.6 is 0 Å². The number of amides is 2. The molecule has 4 aliphatic rings. The van der Waals surface area contributed by atoms with Crippen molar-refractivity contribution >= 4 is 11.8 Å². The molecule has 4 heteroatoms. The SMILES string of the molecule is CCC(=O)NC12CC(C(=O)N3CCC(C)C3)(C1)C2. The van der Waals surface area contributed by atoms with Gasteiger partial charge in [0.25, 0.3) is 0 Å². The molecule has 3 saturated carbocycles. The first kappa shape index (κ1) is 12.0. The van der Waals surface area contributed by atoms with Crippen LogP contribution < -0.4 is 5.32 Å². The molecule has 3 aliphatic carbocycles. The van der Waals surface area contributed by atoms with Gasteiger partial charge in [-0.05, 0) is 31.6 Å². The highest BCUT2D eigenvalue weighted by molar-refractivity contribution is 5.89. The largest absolute Gasteiger partial charge is 0.351 e. The average Bonchev–Trinajstić information content (AvgIpc) is 2.66. The Morgan fingerprint density at radius 2 is 2.00 bits per heavy atom. The highest BCUT2D eigenvalue weighted by Gasteiger charge is 2.72. The van der Waals surface area contributed by atoms with Crippen molar-refractivity contribution < 1.29 is 9.59 Å². The van der Waals surface area contributed by atoms with Gasteiger partial charge in [-0.15, -0.1) is 0 Å². The van der Waals surface area contributed by atoms with Crippen molar-refractivity contribution in [3.8, 4) is 0 Å². The van der Waals surface area contributed by atoms with Crippen LogP contribution in [0.5, 0.6) is 0 Å². The lowest BCUT2D eigenvalue weighted by Gasteiger charge is -2.69. The van der Waals surface area contributed by atoms with E-state index < -0.39 is 0 Å². The lowest BCUT2D eigenvalue weighted by Crippen LogP contribution is -2.78. The highest BCUT2D eigenvalue weighted by Crippen LogP contribution is 2.68. The highest BCUT2D eigenvalue weighted by atomic mass is 16.2. The summed E-state index contributed by atoms with van der Waals surface area (Å²) in [7, 11) is 0. The summed E-state index contributed by atoms with van der Waals surface area (Å²) in [4.78, 5) is 25.9. The van der Waals surface area contributed by atoms with E-state index in [0.29, 0.717) is 18.2 Å². The Hall–Kier alpha value is -1.06. The predicted molar refractivity (Wildman–Crippen MR) is 67.8 cm³/mol. The summed E-state index contributed by atoms with van der Waals surface area (Å²) in [5.41, 5.74) is -0.126. The quantitative estimate of drug-likeness (QED) is 0.821. The van der Waals surface area contributed by atoms with Crippen LogP contribution in [0.3, 0.4) is 0 Å². The first-order chi connectivity index (χ1) is 8.49. The van der Waals surface area contributed by atoms with Gasteiger partial charge in [0.2, 0.25) is 11.8 Å². The van der Waals surface area contributed by atoms with Crippen LogP contribution in [0.15, 0.2) is 0 Å². The van der Waals surface area contributed by atoms with Crippen LogP contribution in [0.4, 0.5) is 0 Å². The van der Waals surface area contributed by atoms with Crippen LogP contribution in [0.2, 0.25) is 0 Å². The monoisotopic (exact) mass is 250 g/mol. The van der Waals surface area contributed by atoms with E-state index in [4.69, 9.17) is 0 Å². The van der Waals surface area contributed by atoms with Gasteiger partial charge in [0.05, 0.1) is 5.41 Å². The van der Waals surface area contributed by atoms with E-state index in [2.05, 4.69) is 12.2 Å². The van der Waals surface area contributed by atoms with Crippen LogP contribution in [0, 0.1) is 11.3 Å². The summed E-state index contributed by atoms with van der Waals surface area (Å²) in [5, 5.41) is 3.08. The molecule has 100 valence electrons. The third-order valence-corrected chi connectivity index (χ3v) is 4.92. The molecule has 1 atom stereocenters. The minimum absolute atomic E-state index is 0.0197. The Bertz CT molecular complexity index is 385. The molecule has 0 aromatic rings. The molecule has 4 rings (SSSR count). The first-order valence-corrected chi connectivity index (χ1v) is 7.09. The molecular weight excluding hydrogens is 228 g/mol. The zero-order valence-electron chi connectivity index (χ0n) is 11.3. The molecule has 1 N–H and O–H groups in total. The lowest BCUT2D eigenvalue weighted by atomic mass is 9.39. The van der Waals surface area contributed by atoms with E-state index in [0.717, 1.165) is 38.8 Å². The third-order valence-electron chi connectivity index (χ3n) is 4.92. The van der Waals surface area contributed by atoms with E-state index in [-0.39, 0.29) is 16.9 Å². The summed E-state index contributed by atoms with van der Waals surface area (Å²) in [6, 6.07) is 0. The fourth-order valence-electron chi connectivity index (χ4n) is 3.99. The molecule has 1 heterocycles. The molecular formula is C14H22N2O2. The van der Waals surface area contributed by atoms with E-state index in [1.165, 1.54) is 0 Å². The van der Waals surface area contributed by atoms with Crippen molar-refractivity contribution in [2.75, 3.05) is 13.1 Å². The van der Waals surface area contributed by atoms with Crippen LogP contribution in [0.25, 0.3) is 0 Å². The van der Waals surface area contributed by atoms with Crippen LogP contribution in [-0.2, 0) is 9.59 Å². The zero-order chi connectivity index (χ0) is 13.0. The smallest absolute Gasteiger partial charge is 0.229 e. The van der Waals surface area contributed by atoms with Crippen LogP contribution in [-0.4, -0.2) is 35.3 Å². The van der Waals surface area contributed by atoms with Gasteiger partial charge in [0, 0.05) is 25.0 Å². The Morgan fingerprint density at radius 3 is 2.50 bits per heavy atom. The van der Waals surface area contributed by atoms with Gasteiger partial charge in [0.1, 0.15) is 0 Å². The Labute approximate surface area is 108 Å². The van der Waals surface area contributed by atoms with E-state index in [1.807, 2.05) is 11.8 Å². The second kappa shape index (κ2) is 3.72. The van der Waals surface area contributed by atoms with Gasteiger partial charge >= 0.3 is 0 Å². The Kier molecular flexibility index (Phi) is 2.48. The second-order valence-corrected chi connectivity index (χ2v) is 6.64. The molecule has 0 spiro atoms. The van der Waals surface area contributed by atoms with Crippen LogP contribution in [0.1, 0.15) is 46.0 Å². The molecule has 0 radical (unpaired) electrons. The van der Waals surface area contributed by atoms with Crippen molar-refractivity contribution in [2.45, 2.75) is 51.5 Å². The number of likely N-dealkylation sites (tertiary alicyclic amines) is 1. The zero-order valence-corrected chi connectivity index (χ0v) is 11.3. The minimum Gasteiger partial charge on any atom is -0.351 e. The van der Waals surface area contributed by atoms with E-state index in [1.54, 1.807) is 0 Å². The number of rotatable bonds is 3. The van der Waals surface area contributed by atoms with Crippen molar-refractivity contribution in [3.63, 3.8) is 0 Å². The summed E-state index contributed by atoms with van der Waals surface area (Å²) in [6.07, 6.45) is 4.28. The minimum atomic E-state index is -0.106. The number of carbonyl (C=O) groups excluding carboxylic acids is 2. The molecule has 1 aliphatic heterocycles. The molecule has 0 aromatic heterocycles. The maximum atomic E-state index is 12.4. The third kappa shape index (κ3) is 1.57. The Balaban J connectivity index is 1.56. The first-order valence-electron chi connectivity index (χ1n) is 7.09. The number of nitrogens with one attached hydrogen (secondary N) is 1. The molecule has 4 fully saturated rings. The van der Waals surface area contributed by atoms with Crippen molar-refractivity contribution in [3.05, 3.63) is 0 Å². The molecule has 18 heavy (non-hydrogen) atoms. The van der Waals surface area contributed by atoms with Crippen molar-refractivity contribution in [1.29, 1.82) is 0 Å². The summed E-state index contributed by atoms with van der Waals surface area (Å²) < 4.78 is 0. The molecule has 0 aromatic carbocycles. The molecule has 2 bridgehead atoms. The summed E-state index contributed by atoms with van der Waals surface area (Å²) in [5.74, 6) is 1.11. The fourth-order valence-corrected chi connectivity index (χ4v) is 3.99. The molecule has 4 nitrogen and oxygen atoms in total. The molecule has 2 amide bonds. The Morgan fingerprint density at radius 1 is 1.33 bits per heavy atom. The maximum absolute atomic E-state index is 12.4. The summed E-state index contributed by atoms with van der Waals surface area (Å²) >= 11 is 0. The van der Waals surface area contributed by atoms with Gasteiger partial charge in [-0.25, -0.2) is 0 Å². The predicted octanol–water partition coefficient (Wildman–Crippen LogP) is 1.30. The molecule has 1 saturated heterocycles. The average molecular weight is 250 g/mol. The molecule has 1 unspecified atom stereocenters. The number of carbonyl (C=O) groups is 2. The van der Waals surface area contributed by atoms with Gasteiger partial charge in [0.15, 0.2) is 0 Å². The van der Waals surface area contributed by atoms with Gasteiger partial charge < -0.3 is 10.2 Å². The lowest BCUT2D eigenvalue weighted by molar-refractivity contribution is -0.192. The maximum Gasteiger partial charge on any atom is 0.229 e. The standard InChI is InChI=1S/C14H22N2O2/c1-3-11(17)15-14-7-13(8-14,9-14)12(18)16-5-4-10(2)6-16/h10H,3-9H2,1-2H3,(H,15,17). The van der Waals surface area contributed by atoms with Crippen molar-refractivity contribution in [2.24, 2.45) is 11.3 Å². The number of hydrogen-bond donors (Lipinski definition) is 1. The van der Waals surface area contributed by atoms with Gasteiger partial charge in [-0.3, -0.25) is 9.59 Å². The fraction of sp³-hybridized carbons (Fsp3) is 0.857.